The summed E-state index contributed by atoms with van der Waals surface area (Å²) in [5.74, 6) is 1.11. The summed E-state index contributed by atoms with van der Waals surface area (Å²) < 4.78 is 40.1. The molecule has 0 unspecified atom stereocenters. The fourth-order valence-corrected chi connectivity index (χ4v) is 2.03. The quantitative estimate of drug-likeness (QED) is 0.785. The third-order valence-electron chi connectivity index (χ3n) is 2.34. The van der Waals surface area contributed by atoms with E-state index in [1.54, 1.807) is 32.4 Å². The number of ether oxygens (including phenoxy) is 2. The Kier molecular flexibility index (Phi) is 4.77. The van der Waals surface area contributed by atoms with Crippen molar-refractivity contribution < 1.29 is 22.4 Å². The van der Waals surface area contributed by atoms with Crippen LogP contribution in [0.25, 0.3) is 0 Å². The van der Waals surface area contributed by atoms with Gasteiger partial charge in [-0.2, -0.15) is 8.42 Å². The summed E-state index contributed by atoms with van der Waals surface area (Å²) in [6.45, 7) is 0. The molecule has 17 heavy (non-hydrogen) atoms. The number of rotatable bonds is 6. The molecule has 0 spiro atoms. The van der Waals surface area contributed by atoms with Crippen molar-refractivity contribution in [3.63, 3.8) is 0 Å². The van der Waals surface area contributed by atoms with Crippen molar-refractivity contribution in [3.8, 4) is 11.5 Å². The van der Waals surface area contributed by atoms with Gasteiger partial charge in [0.1, 0.15) is 11.5 Å². The van der Waals surface area contributed by atoms with E-state index >= 15 is 0 Å². The second-order valence-corrected chi connectivity index (χ2v) is 5.14. The van der Waals surface area contributed by atoms with Crippen LogP contribution in [-0.2, 0) is 16.5 Å². The minimum Gasteiger partial charge on any atom is -0.497 e. The number of hydrogen-bond donors (Lipinski definition) is 1. The summed E-state index contributed by atoms with van der Waals surface area (Å²) in [7, 11) is -0.793. The van der Waals surface area contributed by atoms with Crippen LogP contribution in [0.2, 0.25) is 0 Å². The Morgan fingerprint density at radius 3 is 2.47 bits per heavy atom. The fraction of sp³-hybridized carbons (Fsp3) is 0.455. The molecular formula is C11H16O5S. The predicted molar refractivity (Wildman–Crippen MR) is 64.3 cm³/mol. The Hall–Kier alpha value is -1.27. The maximum Gasteiger partial charge on any atom is 0.264 e. The highest BCUT2D eigenvalue weighted by atomic mass is 32.2. The van der Waals surface area contributed by atoms with Crippen LogP contribution in [0.5, 0.6) is 11.5 Å². The van der Waals surface area contributed by atoms with Gasteiger partial charge >= 0.3 is 0 Å². The largest absolute Gasteiger partial charge is 0.497 e. The first kappa shape index (κ1) is 13.8. The zero-order valence-electron chi connectivity index (χ0n) is 9.84. The van der Waals surface area contributed by atoms with Crippen LogP contribution in [0, 0.1) is 0 Å². The summed E-state index contributed by atoms with van der Waals surface area (Å²) in [6, 6.07) is 5.33. The molecule has 96 valence electrons. The highest BCUT2D eigenvalue weighted by Crippen LogP contribution is 2.25. The molecule has 0 amide bonds. The molecule has 0 aliphatic heterocycles. The van der Waals surface area contributed by atoms with Gasteiger partial charge in [-0.3, -0.25) is 4.55 Å². The SMILES string of the molecule is COc1ccc(OC)c(CCCS(=O)(=O)O)c1. The topological polar surface area (TPSA) is 72.8 Å². The molecule has 0 saturated carbocycles. The Morgan fingerprint density at radius 1 is 1.24 bits per heavy atom. The highest BCUT2D eigenvalue weighted by Gasteiger charge is 2.08. The van der Waals surface area contributed by atoms with Gasteiger partial charge in [-0.25, -0.2) is 0 Å². The maximum atomic E-state index is 10.6. The van der Waals surface area contributed by atoms with Crippen LogP contribution < -0.4 is 9.47 Å². The van der Waals surface area contributed by atoms with Crippen molar-refractivity contribution in [2.45, 2.75) is 12.8 Å². The van der Waals surface area contributed by atoms with Crippen molar-refractivity contribution in [3.05, 3.63) is 23.8 Å². The van der Waals surface area contributed by atoms with Crippen molar-refractivity contribution >= 4 is 10.1 Å². The second kappa shape index (κ2) is 5.88. The number of aryl methyl sites for hydroxylation is 1. The maximum absolute atomic E-state index is 10.6. The zero-order valence-corrected chi connectivity index (χ0v) is 10.7. The lowest BCUT2D eigenvalue weighted by Crippen LogP contribution is -2.05. The van der Waals surface area contributed by atoms with E-state index in [2.05, 4.69) is 0 Å². The predicted octanol–water partition coefficient (Wildman–Crippen LogP) is 1.52. The Labute approximate surface area is 101 Å². The van der Waals surface area contributed by atoms with Crippen LogP contribution in [0.4, 0.5) is 0 Å². The van der Waals surface area contributed by atoms with Gasteiger partial charge in [0, 0.05) is 0 Å². The van der Waals surface area contributed by atoms with E-state index in [0.717, 1.165) is 5.56 Å². The van der Waals surface area contributed by atoms with E-state index in [-0.39, 0.29) is 5.75 Å². The number of benzene rings is 1. The molecule has 0 bridgehead atoms. The van der Waals surface area contributed by atoms with Crippen LogP contribution in [0.1, 0.15) is 12.0 Å². The van der Waals surface area contributed by atoms with Crippen LogP contribution >= 0.6 is 0 Å². The van der Waals surface area contributed by atoms with Crippen molar-refractivity contribution in [1.29, 1.82) is 0 Å². The molecule has 1 aromatic rings. The Morgan fingerprint density at radius 2 is 1.94 bits per heavy atom. The molecule has 0 fully saturated rings. The van der Waals surface area contributed by atoms with Gasteiger partial charge in [0.15, 0.2) is 0 Å². The summed E-state index contributed by atoms with van der Waals surface area (Å²) in [5, 5.41) is 0. The lowest BCUT2D eigenvalue weighted by atomic mass is 10.1. The van der Waals surface area contributed by atoms with E-state index in [1.807, 2.05) is 0 Å². The molecule has 1 N–H and O–H groups in total. The van der Waals surface area contributed by atoms with E-state index in [9.17, 15) is 8.42 Å². The standard InChI is InChI=1S/C11H16O5S/c1-15-10-5-6-11(16-2)9(8-10)4-3-7-17(12,13)14/h5-6,8H,3-4,7H2,1-2H3,(H,12,13,14). The molecule has 0 aliphatic carbocycles. The molecule has 1 aromatic carbocycles. The van der Waals surface area contributed by atoms with Gasteiger partial charge in [0.25, 0.3) is 10.1 Å². The normalized spacial score (nSPS) is 11.2. The number of hydrogen-bond acceptors (Lipinski definition) is 4. The Balaban J connectivity index is 2.74. The van der Waals surface area contributed by atoms with Crippen molar-refractivity contribution in [1.82, 2.24) is 0 Å². The van der Waals surface area contributed by atoms with Gasteiger partial charge in [0.2, 0.25) is 0 Å². The molecule has 0 atom stereocenters. The average molecular weight is 260 g/mol. The van der Waals surface area contributed by atoms with Gasteiger partial charge < -0.3 is 9.47 Å². The molecule has 0 heterocycles. The van der Waals surface area contributed by atoms with Gasteiger partial charge in [-0.1, -0.05) is 0 Å². The third-order valence-corrected chi connectivity index (χ3v) is 3.14. The average Bonchev–Trinajstić information content (AvgIpc) is 2.27. The van der Waals surface area contributed by atoms with E-state index in [0.29, 0.717) is 24.3 Å². The molecule has 0 saturated heterocycles. The lowest BCUT2D eigenvalue weighted by molar-refractivity contribution is 0.398. The molecule has 1 rings (SSSR count). The van der Waals surface area contributed by atoms with E-state index < -0.39 is 10.1 Å². The molecule has 0 aromatic heterocycles. The highest BCUT2D eigenvalue weighted by molar-refractivity contribution is 7.85. The molecule has 6 heteroatoms. The number of methoxy groups -OCH3 is 2. The van der Waals surface area contributed by atoms with Gasteiger partial charge in [0.05, 0.1) is 20.0 Å². The van der Waals surface area contributed by atoms with Crippen molar-refractivity contribution in [2.24, 2.45) is 0 Å². The summed E-state index contributed by atoms with van der Waals surface area (Å²) in [5.41, 5.74) is 0.857. The third kappa shape index (κ3) is 4.62. The minimum absolute atomic E-state index is 0.257. The minimum atomic E-state index is -3.90. The monoisotopic (exact) mass is 260 g/mol. The molecule has 0 aliphatic rings. The summed E-state index contributed by atoms with van der Waals surface area (Å²) in [6.07, 6.45) is 0.836. The molecule has 5 nitrogen and oxygen atoms in total. The van der Waals surface area contributed by atoms with Crippen LogP contribution in [0.3, 0.4) is 0 Å². The molecular weight excluding hydrogens is 244 g/mol. The zero-order chi connectivity index (χ0) is 12.9. The second-order valence-electron chi connectivity index (χ2n) is 3.57. The van der Waals surface area contributed by atoms with Gasteiger partial charge in [-0.15, -0.1) is 0 Å². The Bertz CT molecular complexity index is 467. The fourth-order valence-electron chi connectivity index (χ4n) is 1.52. The van der Waals surface area contributed by atoms with E-state index in [4.69, 9.17) is 14.0 Å². The lowest BCUT2D eigenvalue weighted by Gasteiger charge is -2.09. The molecule has 0 radical (unpaired) electrons. The first-order chi connectivity index (χ1) is 7.96. The summed E-state index contributed by atoms with van der Waals surface area (Å²) in [4.78, 5) is 0. The smallest absolute Gasteiger partial charge is 0.264 e. The van der Waals surface area contributed by atoms with Crippen LogP contribution in [-0.4, -0.2) is 32.9 Å². The first-order valence-corrected chi connectivity index (χ1v) is 6.73. The van der Waals surface area contributed by atoms with Gasteiger partial charge in [-0.05, 0) is 36.6 Å². The van der Waals surface area contributed by atoms with E-state index in [1.165, 1.54) is 0 Å². The van der Waals surface area contributed by atoms with Crippen molar-refractivity contribution in [2.75, 3.05) is 20.0 Å². The van der Waals surface area contributed by atoms with Crippen LogP contribution in [0.15, 0.2) is 18.2 Å². The summed E-state index contributed by atoms with van der Waals surface area (Å²) >= 11 is 0. The first-order valence-electron chi connectivity index (χ1n) is 5.12.